The summed E-state index contributed by atoms with van der Waals surface area (Å²) in [6.07, 6.45) is 5.05. The Balaban J connectivity index is 1.83. The van der Waals surface area contributed by atoms with Crippen molar-refractivity contribution in [3.05, 3.63) is 0 Å². The first kappa shape index (κ1) is 13.3. The van der Waals surface area contributed by atoms with Crippen LogP contribution in [0.2, 0.25) is 0 Å². The molecule has 4 N–H and O–H groups in total. The number of rotatable bonds is 4. The molecular weight excluding hydrogens is 232 g/mol. The maximum Gasteiger partial charge on any atom is 0.306 e. The van der Waals surface area contributed by atoms with Crippen molar-refractivity contribution in [3.8, 4) is 0 Å². The fraction of sp³-hybridized carbons (Fsp3) is 0.846. The average molecular weight is 254 g/mol. The van der Waals surface area contributed by atoms with Gasteiger partial charge in [-0.2, -0.15) is 0 Å². The lowest BCUT2D eigenvalue weighted by atomic mass is 9.95. The van der Waals surface area contributed by atoms with Crippen LogP contribution in [0.1, 0.15) is 38.5 Å². The first-order chi connectivity index (χ1) is 8.61. The van der Waals surface area contributed by atoms with Gasteiger partial charge in [0.2, 0.25) is 5.91 Å². The maximum atomic E-state index is 12.1. The molecule has 4 atom stereocenters. The molecule has 102 valence electrons. The van der Waals surface area contributed by atoms with E-state index in [0.717, 1.165) is 25.7 Å². The first-order valence-corrected chi connectivity index (χ1v) is 6.85. The highest BCUT2D eigenvalue weighted by atomic mass is 16.4. The Bertz CT molecular complexity index is 332. The van der Waals surface area contributed by atoms with Crippen LogP contribution >= 0.6 is 0 Å². The second-order valence-electron chi connectivity index (χ2n) is 5.59. The number of aliphatic carboxylic acids is 1. The highest BCUT2D eigenvalue weighted by Gasteiger charge is 2.35. The van der Waals surface area contributed by atoms with Gasteiger partial charge in [-0.15, -0.1) is 0 Å². The van der Waals surface area contributed by atoms with E-state index in [0.29, 0.717) is 25.3 Å². The Hall–Kier alpha value is -1.10. The van der Waals surface area contributed by atoms with E-state index >= 15 is 0 Å². The van der Waals surface area contributed by atoms with E-state index in [-0.39, 0.29) is 23.8 Å². The predicted octanol–water partition coefficient (Wildman–Crippen LogP) is 0.731. The van der Waals surface area contributed by atoms with Crippen LogP contribution in [-0.4, -0.2) is 29.6 Å². The van der Waals surface area contributed by atoms with Crippen molar-refractivity contribution in [2.75, 3.05) is 6.54 Å². The SMILES string of the molecule is NCC1CCCC1C(=O)NC1CCC(C(=O)O)C1. The molecule has 0 aromatic carbocycles. The molecule has 0 spiro atoms. The molecule has 0 aromatic rings. The van der Waals surface area contributed by atoms with Crippen molar-refractivity contribution in [1.29, 1.82) is 0 Å². The molecule has 1 amide bonds. The monoisotopic (exact) mass is 254 g/mol. The molecule has 0 heterocycles. The fourth-order valence-electron chi connectivity index (χ4n) is 3.31. The lowest BCUT2D eigenvalue weighted by Crippen LogP contribution is -2.40. The van der Waals surface area contributed by atoms with Crippen molar-refractivity contribution < 1.29 is 14.7 Å². The van der Waals surface area contributed by atoms with Gasteiger partial charge in [-0.25, -0.2) is 0 Å². The number of carbonyl (C=O) groups is 2. The van der Waals surface area contributed by atoms with Crippen molar-refractivity contribution in [3.63, 3.8) is 0 Å². The first-order valence-electron chi connectivity index (χ1n) is 6.85. The highest BCUT2D eigenvalue weighted by Crippen LogP contribution is 2.32. The topological polar surface area (TPSA) is 92.4 Å². The zero-order valence-electron chi connectivity index (χ0n) is 10.6. The van der Waals surface area contributed by atoms with Gasteiger partial charge in [0.25, 0.3) is 0 Å². The van der Waals surface area contributed by atoms with Crippen LogP contribution < -0.4 is 11.1 Å². The lowest BCUT2D eigenvalue weighted by Gasteiger charge is -2.20. The fourth-order valence-corrected chi connectivity index (χ4v) is 3.31. The summed E-state index contributed by atoms with van der Waals surface area (Å²) < 4.78 is 0. The molecule has 2 saturated carbocycles. The minimum Gasteiger partial charge on any atom is -0.481 e. The van der Waals surface area contributed by atoms with Crippen LogP contribution in [0.5, 0.6) is 0 Å². The number of hydrogen-bond acceptors (Lipinski definition) is 3. The molecule has 4 unspecified atom stereocenters. The third kappa shape index (κ3) is 2.83. The number of carboxylic acid groups (broad SMARTS) is 1. The summed E-state index contributed by atoms with van der Waals surface area (Å²) in [5, 5.41) is 11.9. The van der Waals surface area contributed by atoms with E-state index in [4.69, 9.17) is 10.8 Å². The van der Waals surface area contributed by atoms with E-state index in [1.165, 1.54) is 0 Å². The Labute approximate surface area is 107 Å². The van der Waals surface area contributed by atoms with Gasteiger partial charge in [-0.3, -0.25) is 9.59 Å². The summed E-state index contributed by atoms with van der Waals surface area (Å²) in [5.74, 6) is -0.601. The maximum absolute atomic E-state index is 12.1. The van der Waals surface area contributed by atoms with E-state index < -0.39 is 5.97 Å². The molecule has 5 nitrogen and oxygen atoms in total. The van der Waals surface area contributed by atoms with Crippen LogP contribution in [0.4, 0.5) is 0 Å². The Morgan fingerprint density at radius 2 is 2.00 bits per heavy atom. The van der Waals surface area contributed by atoms with Crippen LogP contribution in [0.25, 0.3) is 0 Å². The minimum atomic E-state index is -0.743. The van der Waals surface area contributed by atoms with Gasteiger partial charge in [-0.1, -0.05) is 6.42 Å². The summed E-state index contributed by atoms with van der Waals surface area (Å²) in [5.41, 5.74) is 5.67. The van der Waals surface area contributed by atoms with Gasteiger partial charge in [0.05, 0.1) is 5.92 Å². The minimum absolute atomic E-state index is 0.0395. The van der Waals surface area contributed by atoms with Gasteiger partial charge in [0, 0.05) is 12.0 Å². The van der Waals surface area contributed by atoms with Crippen molar-refractivity contribution in [2.24, 2.45) is 23.5 Å². The van der Waals surface area contributed by atoms with E-state index in [1.54, 1.807) is 0 Å². The second-order valence-corrected chi connectivity index (χ2v) is 5.59. The van der Waals surface area contributed by atoms with Gasteiger partial charge >= 0.3 is 5.97 Å². The Morgan fingerprint density at radius 1 is 1.22 bits per heavy atom. The molecule has 2 rings (SSSR count). The quantitative estimate of drug-likeness (QED) is 0.689. The second kappa shape index (κ2) is 5.69. The van der Waals surface area contributed by atoms with E-state index in [1.807, 2.05) is 0 Å². The zero-order chi connectivity index (χ0) is 13.1. The normalized spacial score (nSPS) is 35.6. The number of carbonyl (C=O) groups excluding carboxylic acids is 1. The number of nitrogens with one attached hydrogen (secondary N) is 1. The molecule has 5 heteroatoms. The number of nitrogens with two attached hydrogens (primary N) is 1. The van der Waals surface area contributed by atoms with Crippen molar-refractivity contribution in [2.45, 2.75) is 44.6 Å². The molecule has 2 aliphatic rings. The van der Waals surface area contributed by atoms with Crippen LogP contribution in [-0.2, 0) is 9.59 Å². The van der Waals surface area contributed by atoms with Crippen LogP contribution in [0, 0.1) is 17.8 Å². The van der Waals surface area contributed by atoms with Crippen molar-refractivity contribution >= 4 is 11.9 Å². The number of amides is 1. The van der Waals surface area contributed by atoms with E-state index in [2.05, 4.69) is 5.32 Å². The standard InChI is InChI=1S/C13H22N2O3/c14-7-9-2-1-3-11(9)12(16)15-10-5-4-8(6-10)13(17)18/h8-11H,1-7,14H2,(H,15,16)(H,17,18). The molecule has 18 heavy (non-hydrogen) atoms. The third-order valence-corrected chi connectivity index (χ3v) is 4.43. The summed E-state index contributed by atoms with van der Waals surface area (Å²) in [6.45, 7) is 0.570. The molecule has 0 bridgehead atoms. The molecule has 0 aliphatic heterocycles. The molecular formula is C13H22N2O3. The van der Waals surface area contributed by atoms with Crippen LogP contribution in [0.3, 0.4) is 0 Å². The molecule has 0 saturated heterocycles. The van der Waals surface area contributed by atoms with E-state index in [9.17, 15) is 9.59 Å². The number of carboxylic acids is 1. The Morgan fingerprint density at radius 3 is 2.61 bits per heavy atom. The average Bonchev–Trinajstić information content (AvgIpc) is 2.96. The molecule has 2 fully saturated rings. The smallest absolute Gasteiger partial charge is 0.306 e. The zero-order valence-corrected chi connectivity index (χ0v) is 10.6. The van der Waals surface area contributed by atoms with Gasteiger partial charge in [0.15, 0.2) is 0 Å². The summed E-state index contributed by atoms with van der Waals surface area (Å²) in [6, 6.07) is 0.0395. The molecule has 2 aliphatic carbocycles. The third-order valence-electron chi connectivity index (χ3n) is 4.43. The summed E-state index contributed by atoms with van der Waals surface area (Å²) >= 11 is 0. The summed E-state index contributed by atoms with van der Waals surface area (Å²) in [4.78, 5) is 23.0. The predicted molar refractivity (Wildman–Crippen MR) is 66.8 cm³/mol. The Kier molecular flexibility index (Phi) is 4.22. The van der Waals surface area contributed by atoms with Crippen LogP contribution in [0.15, 0.2) is 0 Å². The largest absolute Gasteiger partial charge is 0.481 e. The molecule has 0 radical (unpaired) electrons. The lowest BCUT2D eigenvalue weighted by molar-refractivity contribution is -0.141. The van der Waals surface area contributed by atoms with Gasteiger partial charge in [0.1, 0.15) is 0 Å². The summed E-state index contributed by atoms with van der Waals surface area (Å²) in [7, 11) is 0. The van der Waals surface area contributed by atoms with Crippen molar-refractivity contribution in [1.82, 2.24) is 5.32 Å². The van der Waals surface area contributed by atoms with Gasteiger partial charge in [-0.05, 0) is 44.6 Å². The highest BCUT2D eigenvalue weighted by molar-refractivity contribution is 5.80. The number of hydrogen-bond donors (Lipinski definition) is 3. The molecule has 0 aromatic heterocycles. The van der Waals surface area contributed by atoms with Gasteiger partial charge < -0.3 is 16.2 Å².